The highest BCUT2D eigenvalue weighted by Gasteiger charge is 2.41. The Kier molecular flexibility index (Phi) is 3.53. The standard InChI is InChI=1S/C15H19N5O/c1-10-6-18-20(8-10)15-13(4-14(15)21)17-7-11-3-12(5-16)19(2)9-11/h3,6,8-9,13-15,17,21H,4,7H2,1-2H3/t13-,14+,15+/m0/s1. The normalized spacial score (nSPS) is 24.6. The zero-order chi connectivity index (χ0) is 15.0. The molecule has 1 saturated carbocycles. The fourth-order valence-electron chi connectivity index (χ4n) is 2.86. The molecule has 0 aromatic carbocycles. The number of aliphatic hydroxyl groups excluding tert-OH is 1. The number of nitrogens with one attached hydrogen (secondary N) is 1. The molecule has 110 valence electrons. The lowest BCUT2D eigenvalue weighted by atomic mass is 9.83. The van der Waals surface area contributed by atoms with Gasteiger partial charge in [-0.25, -0.2) is 0 Å². The van der Waals surface area contributed by atoms with Gasteiger partial charge >= 0.3 is 0 Å². The molecule has 0 spiro atoms. The summed E-state index contributed by atoms with van der Waals surface area (Å²) in [4.78, 5) is 0. The molecular formula is C15H19N5O. The maximum atomic E-state index is 9.98. The smallest absolute Gasteiger partial charge is 0.120 e. The Bertz CT molecular complexity index is 681. The van der Waals surface area contributed by atoms with E-state index >= 15 is 0 Å². The van der Waals surface area contributed by atoms with Gasteiger partial charge in [-0.15, -0.1) is 0 Å². The molecule has 2 aromatic rings. The van der Waals surface area contributed by atoms with Crippen molar-refractivity contribution in [2.45, 2.75) is 38.1 Å². The number of aryl methyl sites for hydroxylation is 2. The number of nitriles is 1. The highest BCUT2D eigenvalue weighted by Crippen LogP contribution is 2.32. The molecule has 6 heteroatoms. The van der Waals surface area contributed by atoms with E-state index in [4.69, 9.17) is 5.26 Å². The molecule has 21 heavy (non-hydrogen) atoms. The van der Waals surface area contributed by atoms with E-state index in [0.717, 1.165) is 17.5 Å². The Morgan fingerprint density at radius 3 is 2.90 bits per heavy atom. The monoisotopic (exact) mass is 285 g/mol. The van der Waals surface area contributed by atoms with Crippen LogP contribution in [0.1, 0.15) is 29.3 Å². The van der Waals surface area contributed by atoms with Crippen LogP contribution in [0.5, 0.6) is 0 Å². The molecule has 0 saturated heterocycles. The van der Waals surface area contributed by atoms with Gasteiger partial charge in [-0.05, 0) is 30.5 Å². The van der Waals surface area contributed by atoms with Gasteiger partial charge in [0.1, 0.15) is 11.8 Å². The molecule has 0 aliphatic heterocycles. The topological polar surface area (TPSA) is 78.8 Å². The first-order valence-corrected chi connectivity index (χ1v) is 7.06. The number of aromatic nitrogens is 3. The van der Waals surface area contributed by atoms with Gasteiger partial charge < -0.3 is 15.0 Å². The summed E-state index contributed by atoms with van der Waals surface area (Å²) < 4.78 is 3.66. The number of rotatable bonds is 4. The first-order chi connectivity index (χ1) is 10.1. The number of nitrogens with zero attached hydrogens (tertiary/aromatic N) is 4. The Balaban J connectivity index is 1.64. The van der Waals surface area contributed by atoms with E-state index in [1.807, 2.05) is 41.7 Å². The van der Waals surface area contributed by atoms with E-state index in [1.165, 1.54) is 0 Å². The summed E-state index contributed by atoms with van der Waals surface area (Å²) in [6, 6.07) is 4.22. The van der Waals surface area contributed by atoms with Gasteiger partial charge in [0.25, 0.3) is 0 Å². The molecule has 0 unspecified atom stereocenters. The summed E-state index contributed by atoms with van der Waals surface area (Å²) in [5.41, 5.74) is 2.82. The van der Waals surface area contributed by atoms with Crippen molar-refractivity contribution >= 4 is 0 Å². The van der Waals surface area contributed by atoms with Crippen molar-refractivity contribution in [1.29, 1.82) is 5.26 Å². The van der Waals surface area contributed by atoms with Crippen LogP contribution >= 0.6 is 0 Å². The number of hydrogen-bond acceptors (Lipinski definition) is 4. The second-order valence-corrected chi connectivity index (χ2v) is 5.74. The van der Waals surface area contributed by atoms with Crippen molar-refractivity contribution in [3.63, 3.8) is 0 Å². The third-order valence-corrected chi connectivity index (χ3v) is 4.08. The lowest BCUT2D eigenvalue weighted by Gasteiger charge is -2.42. The van der Waals surface area contributed by atoms with Crippen LogP contribution < -0.4 is 5.32 Å². The van der Waals surface area contributed by atoms with Gasteiger partial charge in [0.05, 0.1) is 18.3 Å². The minimum Gasteiger partial charge on any atom is -0.391 e. The molecule has 1 aliphatic rings. The predicted octanol–water partition coefficient (Wildman–Crippen LogP) is 0.866. The first kappa shape index (κ1) is 13.9. The van der Waals surface area contributed by atoms with E-state index < -0.39 is 0 Å². The average molecular weight is 285 g/mol. The van der Waals surface area contributed by atoms with E-state index in [1.54, 1.807) is 6.20 Å². The van der Waals surface area contributed by atoms with Crippen LogP contribution in [-0.2, 0) is 13.6 Å². The quantitative estimate of drug-likeness (QED) is 0.873. The zero-order valence-electron chi connectivity index (χ0n) is 12.2. The summed E-state index contributed by atoms with van der Waals surface area (Å²) in [7, 11) is 1.87. The fourth-order valence-corrected chi connectivity index (χ4v) is 2.86. The number of hydrogen-bond donors (Lipinski definition) is 2. The van der Waals surface area contributed by atoms with Crippen molar-refractivity contribution in [3.05, 3.63) is 41.5 Å². The van der Waals surface area contributed by atoms with Crippen molar-refractivity contribution in [1.82, 2.24) is 19.7 Å². The third kappa shape index (κ3) is 2.58. The first-order valence-electron chi connectivity index (χ1n) is 7.06. The van der Waals surface area contributed by atoms with Crippen molar-refractivity contribution in [3.8, 4) is 6.07 Å². The summed E-state index contributed by atoms with van der Waals surface area (Å²) in [5, 5.41) is 26.7. The minimum absolute atomic E-state index is 0.0159. The van der Waals surface area contributed by atoms with Crippen molar-refractivity contribution in [2.24, 2.45) is 7.05 Å². The third-order valence-electron chi connectivity index (χ3n) is 4.08. The SMILES string of the molecule is Cc1cnn([C@H]2[C@H](O)C[C@@H]2NCc2cc(C#N)n(C)c2)c1. The fraction of sp³-hybridized carbons (Fsp3) is 0.467. The van der Waals surface area contributed by atoms with Gasteiger partial charge in [0, 0.05) is 32.0 Å². The van der Waals surface area contributed by atoms with E-state index in [0.29, 0.717) is 12.2 Å². The molecule has 0 radical (unpaired) electrons. The van der Waals surface area contributed by atoms with Crippen molar-refractivity contribution in [2.75, 3.05) is 0 Å². The summed E-state index contributed by atoms with van der Waals surface area (Å²) in [5.74, 6) is 0. The summed E-state index contributed by atoms with van der Waals surface area (Å²) >= 11 is 0. The predicted molar refractivity (Wildman–Crippen MR) is 77.4 cm³/mol. The Hall–Kier alpha value is -2.10. The average Bonchev–Trinajstić information content (AvgIpc) is 3.00. The highest BCUT2D eigenvalue weighted by atomic mass is 16.3. The van der Waals surface area contributed by atoms with E-state index in [2.05, 4.69) is 16.5 Å². The highest BCUT2D eigenvalue weighted by molar-refractivity contribution is 5.28. The van der Waals surface area contributed by atoms with Crippen LogP contribution in [0.4, 0.5) is 0 Å². The van der Waals surface area contributed by atoms with Crippen LogP contribution in [0.2, 0.25) is 0 Å². The molecule has 2 heterocycles. The van der Waals surface area contributed by atoms with Crippen LogP contribution in [0.25, 0.3) is 0 Å². The molecule has 1 aliphatic carbocycles. The minimum atomic E-state index is -0.354. The molecule has 3 rings (SSSR count). The molecule has 0 amide bonds. The number of aliphatic hydroxyl groups is 1. The van der Waals surface area contributed by atoms with Gasteiger partial charge in [0.15, 0.2) is 0 Å². The van der Waals surface area contributed by atoms with Gasteiger partial charge in [-0.3, -0.25) is 4.68 Å². The maximum absolute atomic E-state index is 9.98. The summed E-state index contributed by atoms with van der Waals surface area (Å²) in [6.07, 6.45) is 6.08. The molecule has 2 N–H and O–H groups in total. The van der Waals surface area contributed by atoms with Crippen LogP contribution in [-0.4, -0.2) is 31.6 Å². The van der Waals surface area contributed by atoms with Crippen LogP contribution in [0.3, 0.4) is 0 Å². The molecule has 6 nitrogen and oxygen atoms in total. The van der Waals surface area contributed by atoms with Crippen LogP contribution in [0.15, 0.2) is 24.7 Å². The second-order valence-electron chi connectivity index (χ2n) is 5.74. The van der Waals surface area contributed by atoms with Crippen LogP contribution in [0, 0.1) is 18.3 Å². The van der Waals surface area contributed by atoms with E-state index in [9.17, 15) is 5.11 Å². The van der Waals surface area contributed by atoms with Gasteiger partial charge in [-0.2, -0.15) is 10.4 Å². The molecule has 0 bridgehead atoms. The van der Waals surface area contributed by atoms with Crippen molar-refractivity contribution < 1.29 is 5.11 Å². The molecule has 1 fully saturated rings. The Morgan fingerprint density at radius 2 is 2.33 bits per heavy atom. The zero-order valence-corrected chi connectivity index (χ0v) is 12.2. The van der Waals surface area contributed by atoms with E-state index in [-0.39, 0.29) is 18.2 Å². The maximum Gasteiger partial charge on any atom is 0.120 e. The summed E-state index contributed by atoms with van der Waals surface area (Å²) in [6.45, 7) is 2.67. The Morgan fingerprint density at radius 1 is 1.52 bits per heavy atom. The molecule has 2 aromatic heterocycles. The second kappa shape index (κ2) is 5.35. The lowest BCUT2D eigenvalue weighted by molar-refractivity contribution is -0.00823. The van der Waals surface area contributed by atoms with Gasteiger partial charge in [0.2, 0.25) is 0 Å². The largest absolute Gasteiger partial charge is 0.391 e. The Labute approximate surface area is 123 Å². The van der Waals surface area contributed by atoms with Gasteiger partial charge in [-0.1, -0.05) is 0 Å². The lowest BCUT2D eigenvalue weighted by Crippen LogP contribution is -2.54. The molecule has 3 atom stereocenters. The molecular weight excluding hydrogens is 266 g/mol.